The molecule has 15 heavy (non-hydrogen) atoms. The maximum absolute atomic E-state index is 5.59. The average molecular weight is 207 g/mol. The fraction of sp³-hybridized carbons (Fsp3) is 0.600. The molecule has 5 nitrogen and oxygen atoms in total. The van der Waals surface area contributed by atoms with Crippen LogP contribution in [0.15, 0.2) is 6.07 Å². The summed E-state index contributed by atoms with van der Waals surface area (Å²) in [6, 6.07) is 2.23. The van der Waals surface area contributed by atoms with Crippen LogP contribution >= 0.6 is 0 Å². The van der Waals surface area contributed by atoms with Gasteiger partial charge in [0.1, 0.15) is 11.6 Å². The first-order valence-electron chi connectivity index (χ1n) is 5.40. The molecule has 0 bridgehead atoms. The molecule has 1 aliphatic rings. The van der Waals surface area contributed by atoms with E-state index in [0.29, 0.717) is 11.9 Å². The Morgan fingerprint density at radius 1 is 1.13 bits per heavy atom. The second kappa shape index (κ2) is 4.33. The van der Waals surface area contributed by atoms with E-state index in [0.717, 1.165) is 5.82 Å². The largest absolute Gasteiger partial charge is 0.383 e. The zero-order valence-corrected chi connectivity index (χ0v) is 8.74. The van der Waals surface area contributed by atoms with Crippen molar-refractivity contribution in [2.75, 3.05) is 16.8 Å². The van der Waals surface area contributed by atoms with Gasteiger partial charge in [0.15, 0.2) is 0 Å². The smallest absolute Gasteiger partial charge is 0.223 e. The maximum atomic E-state index is 5.59. The topological polar surface area (TPSA) is 89.8 Å². The molecule has 0 spiro atoms. The third-order valence-corrected chi connectivity index (χ3v) is 2.72. The lowest BCUT2D eigenvalue weighted by Gasteiger charge is -2.23. The summed E-state index contributed by atoms with van der Waals surface area (Å²) in [7, 11) is 0. The van der Waals surface area contributed by atoms with Crippen LogP contribution in [0.25, 0.3) is 0 Å². The van der Waals surface area contributed by atoms with Crippen molar-refractivity contribution in [2.24, 2.45) is 0 Å². The van der Waals surface area contributed by atoms with Gasteiger partial charge in [-0.1, -0.05) is 19.3 Å². The summed E-state index contributed by atoms with van der Waals surface area (Å²) in [5.74, 6) is 1.39. The van der Waals surface area contributed by atoms with Gasteiger partial charge >= 0.3 is 0 Å². The third kappa shape index (κ3) is 2.71. The molecule has 1 heterocycles. The molecule has 0 amide bonds. The Labute approximate surface area is 89.3 Å². The van der Waals surface area contributed by atoms with E-state index in [4.69, 9.17) is 11.5 Å². The molecular weight excluding hydrogens is 190 g/mol. The number of nitrogens with one attached hydrogen (secondary N) is 1. The molecule has 82 valence electrons. The van der Waals surface area contributed by atoms with Gasteiger partial charge in [0.25, 0.3) is 0 Å². The van der Waals surface area contributed by atoms with E-state index in [1.165, 1.54) is 32.1 Å². The van der Waals surface area contributed by atoms with Crippen LogP contribution in [-0.2, 0) is 0 Å². The highest BCUT2D eigenvalue weighted by Gasteiger charge is 2.13. The molecule has 1 aliphatic carbocycles. The molecule has 5 N–H and O–H groups in total. The molecule has 2 rings (SSSR count). The molecule has 0 aliphatic heterocycles. The predicted molar refractivity (Wildman–Crippen MR) is 61.4 cm³/mol. The zero-order chi connectivity index (χ0) is 10.7. The van der Waals surface area contributed by atoms with Crippen molar-refractivity contribution < 1.29 is 0 Å². The van der Waals surface area contributed by atoms with Gasteiger partial charge in [0, 0.05) is 12.1 Å². The summed E-state index contributed by atoms with van der Waals surface area (Å²) in [4.78, 5) is 7.94. The van der Waals surface area contributed by atoms with Crippen LogP contribution in [0.2, 0.25) is 0 Å². The van der Waals surface area contributed by atoms with Gasteiger partial charge in [0.2, 0.25) is 5.95 Å². The molecule has 0 radical (unpaired) electrons. The lowest BCUT2D eigenvalue weighted by molar-refractivity contribution is 0.462. The second-order valence-electron chi connectivity index (χ2n) is 4.02. The van der Waals surface area contributed by atoms with Gasteiger partial charge in [-0.15, -0.1) is 0 Å². The van der Waals surface area contributed by atoms with Crippen LogP contribution in [-0.4, -0.2) is 16.0 Å². The molecule has 1 fully saturated rings. The van der Waals surface area contributed by atoms with Crippen LogP contribution in [0.3, 0.4) is 0 Å². The Morgan fingerprint density at radius 2 is 1.87 bits per heavy atom. The van der Waals surface area contributed by atoms with Crippen LogP contribution in [0.5, 0.6) is 0 Å². The first kappa shape index (κ1) is 10.0. The van der Waals surface area contributed by atoms with Crippen molar-refractivity contribution in [3.05, 3.63) is 6.07 Å². The number of aromatic nitrogens is 2. The van der Waals surface area contributed by atoms with E-state index < -0.39 is 0 Å². The first-order chi connectivity index (χ1) is 7.24. The molecule has 0 saturated heterocycles. The van der Waals surface area contributed by atoms with E-state index in [2.05, 4.69) is 15.3 Å². The fourth-order valence-corrected chi connectivity index (χ4v) is 2.02. The highest BCUT2D eigenvalue weighted by atomic mass is 15.1. The average Bonchev–Trinajstić information content (AvgIpc) is 2.17. The standard InChI is InChI=1S/C10H17N5/c11-8-6-9(15-10(12)14-8)13-7-4-2-1-3-5-7/h6-7H,1-5H2,(H5,11,12,13,14,15). The minimum absolute atomic E-state index is 0.230. The minimum atomic E-state index is 0.230. The number of nitrogen functional groups attached to an aromatic ring is 2. The minimum Gasteiger partial charge on any atom is -0.383 e. The highest BCUT2D eigenvalue weighted by Crippen LogP contribution is 2.21. The van der Waals surface area contributed by atoms with E-state index in [-0.39, 0.29) is 5.95 Å². The van der Waals surface area contributed by atoms with Crippen molar-refractivity contribution in [2.45, 2.75) is 38.1 Å². The SMILES string of the molecule is Nc1cc(NC2CCCCC2)nc(N)n1. The number of rotatable bonds is 2. The van der Waals surface area contributed by atoms with Gasteiger partial charge < -0.3 is 16.8 Å². The quantitative estimate of drug-likeness (QED) is 0.681. The molecule has 1 aromatic rings. The van der Waals surface area contributed by atoms with E-state index in [9.17, 15) is 0 Å². The van der Waals surface area contributed by atoms with Gasteiger partial charge in [-0.25, -0.2) is 0 Å². The monoisotopic (exact) mass is 207 g/mol. The summed E-state index contributed by atoms with van der Waals surface area (Å²) in [5, 5.41) is 3.35. The van der Waals surface area contributed by atoms with Crippen LogP contribution < -0.4 is 16.8 Å². The fourth-order valence-electron chi connectivity index (χ4n) is 2.02. The Kier molecular flexibility index (Phi) is 2.89. The Balaban J connectivity index is 2.02. The van der Waals surface area contributed by atoms with Crippen molar-refractivity contribution in [1.29, 1.82) is 0 Å². The number of nitrogens with zero attached hydrogens (tertiary/aromatic N) is 2. The molecule has 1 aromatic heterocycles. The molecule has 0 unspecified atom stereocenters. The normalized spacial score (nSPS) is 17.6. The molecule has 5 heteroatoms. The van der Waals surface area contributed by atoms with Gasteiger partial charge in [0.05, 0.1) is 0 Å². The Bertz CT molecular complexity index is 312. The van der Waals surface area contributed by atoms with Crippen molar-refractivity contribution in [3.8, 4) is 0 Å². The van der Waals surface area contributed by atoms with E-state index in [1.54, 1.807) is 6.07 Å². The zero-order valence-electron chi connectivity index (χ0n) is 8.74. The lowest BCUT2D eigenvalue weighted by Crippen LogP contribution is -2.23. The van der Waals surface area contributed by atoms with E-state index in [1.807, 2.05) is 0 Å². The van der Waals surface area contributed by atoms with Crippen molar-refractivity contribution in [3.63, 3.8) is 0 Å². The summed E-state index contributed by atoms with van der Waals surface area (Å²) in [5.41, 5.74) is 11.1. The Hall–Kier alpha value is -1.52. The summed E-state index contributed by atoms with van der Waals surface area (Å²) < 4.78 is 0. The van der Waals surface area contributed by atoms with Gasteiger partial charge in [-0.3, -0.25) is 0 Å². The summed E-state index contributed by atoms with van der Waals surface area (Å²) in [6.07, 6.45) is 6.31. The van der Waals surface area contributed by atoms with E-state index >= 15 is 0 Å². The van der Waals surface area contributed by atoms with Crippen molar-refractivity contribution >= 4 is 17.6 Å². The maximum Gasteiger partial charge on any atom is 0.223 e. The summed E-state index contributed by atoms with van der Waals surface area (Å²) in [6.45, 7) is 0. The molecule has 1 saturated carbocycles. The van der Waals surface area contributed by atoms with Crippen LogP contribution in [0.4, 0.5) is 17.6 Å². The van der Waals surface area contributed by atoms with Gasteiger partial charge in [-0.2, -0.15) is 9.97 Å². The molecule has 0 aromatic carbocycles. The molecule has 0 atom stereocenters. The lowest BCUT2D eigenvalue weighted by atomic mass is 9.95. The van der Waals surface area contributed by atoms with Crippen LogP contribution in [0.1, 0.15) is 32.1 Å². The highest BCUT2D eigenvalue weighted by molar-refractivity contribution is 5.48. The van der Waals surface area contributed by atoms with Gasteiger partial charge in [-0.05, 0) is 12.8 Å². The predicted octanol–water partition coefficient (Wildman–Crippen LogP) is 1.39. The number of hydrogen-bond donors (Lipinski definition) is 3. The first-order valence-corrected chi connectivity index (χ1v) is 5.40. The summed E-state index contributed by atoms with van der Waals surface area (Å²) >= 11 is 0. The van der Waals surface area contributed by atoms with Crippen molar-refractivity contribution in [1.82, 2.24) is 9.97 Å². The second-order valence-corrected chi connectivity index (χ2v) is 4.02. The Morgan fingerprint density at radius 3 is 2.53 bits per heavy atom. The third-order valence-electron chi connectivity index (χ3n) is 2.72. The number of nitrogens with two attached hydrogens (primary N) is 2. The molecular formula is C10H17N5. The number of hydrogen-bond acceptors (Lipinski definition) is 5. The number of anilines is 3. The van der Waals surface area contributed by atoms with Crippen LogP contribution in [0, 0.1) is 0 Å².